The first-order chi connectivity index (χ1) is 12.8. The van der Waals surface area contributed by atoms with Gasteiger partial charge in [-0.25, -0.2) is 0 Å². The Kier molecular flexibility index (Phi) is 20.5. The van der Waals surface area contributed by atoms with Crippen LogP contribution < -0.4 is 0 Å². The quantitative estimate of drug-likeness (QED) is 0.221. The van der Waals surface area contributed by atoms with Crippen molar-refractivity contribution >= 4 is 5.97 Å². The standard InChI is InChI=1S/C24H40O2/c1-2-3-4-5-6-7-8-9-10-11-12-13-14-15-16-17-18-19-20-21-22-23-24(25)26/h2-16,21-23H2,1H3,(H,25,26). The normalized spacial score (nSPS) is 9.88. The van der Waals surface area contributed by atoms with Crippen LogP contribution in [0.15, 0.2) is 0 Å². The van der Waals surface area contributed by atoms with Gasteiger partial charge in [0.05, 0.1) is 0 Å². The van der Waals surface area contributed by atoms with E-state index in [0.29, 0.717) is 12.8 Å². The van der Waals surface area contributed by atoms with E-state index in [2.05, 4.69) is 30.6 Å². The van der Waals surface area contributed by atoms with E-state index in [1.165, 1.54) is 89.9 Å². The van der Waals surface area contributed by atoms with Crippen LogP contribution in [-0.4, -0.2) is 11.1 Å². The lowest BCUT2D eigenvalue weighted by atomic mass is 10.0. The maximum atomic E-state index is 10.3. The van der Waals surface area contributed by atoms with Crippen molar-refractivity contribution in [3.63, 3.8) is 0 Å². The average Bonchev–Trinajstić information content (AvgIpc) is 2.62. The molecule has 2 heteroatoms. The minimum Gasteiger partial charge on any atom is -0.481 e. The molecular weight excluding hydrogens is 320 g/mol. The zero-order valence-electron chi connectivity index (χ0n) is 17.1. The summed E-state index contributed by atoms with van der Waals surface area (Å²) in [6.07, 6.45) is 21.7. The molecule has 0 aromatic heterocycles. The highest BCUT2D eigenvalue weighted by atomic mass is 16.4. The van der Waals surface area contributed by atoms with Crippen LogP contribution in [-0.2, 0) is 4.79 Å². The molecule has 0 aliphatic carbocycles. The van der Waals surface area contributed by atoms with Gasteiger partial charge >= 0.3 is 5.97 Å². The van der Waals surface area contributed by atoms with Crippen LogP contribution in [0.5, 0.6) is 0 Å². The van der Waals surface area contributed by atoms with Gasteiger partial charge in [-0.1, -0.05) is 102 Å². The van der Waals surface area contributed by atoms with Crippen molar-refractivity contribution in [2.24, 2.45) is 0 Å². The highest BCUT2D eigenvalue weighted by Crippen LogP contribution is 2.13. The van der Waals surface area contributed by atoms with Gasteiger partial charge in [0, 0.05) is 19.3 Å². The third-order valence-corrected chi connectivity index (χ3v) is 4.59. The zero-order chi connectivity index (χ0) is 19.1. The smallest absolute Gasteiger partial charge is 0.303 e. The van der Waals surface area contributed by atoms with E-state index in [-0.39, 0.29) is 6.42 Å². The first kappa shape index (κ1) is 24.6. The SMILES string of the molecule is CCCCCCCCCCCCCCCCC#CC#CCCCC(=O)O. The monoisotopic (exact) mass is 360 g/mol. The summed E-state index contributed by atoms with van der Waals surface area (Å²) in [4.78, 5) is 10.3. The van der Waals surface area contributed by atoms with E-state index in [0.717, 1.165) is 6.42 Å². The third kappa shape index (κ3) is 22.6. The molecule has 0 aliphatic heterocycles. The van der Waals surface area contributed by atoms with Crippen molar-refractivity contribution in [2.75, 3.05) is 0 Å². The number of carbonyl (C=O) groups is 1. The first-order valence-corrected chi connectivity index (χ1v) is 10.9. The zero-order valence-corrected chi connectivity index (χ0v) is 17.1. The summed E-state index contributed by atoms with van der Waals surface area (Å²) in [5.74, 6) is 10.9. The molecule has 0 saturated carbocycles. The summed E-state index contributed by atoms with van der Waals surface area (Å²) in [5, 5.41) is 8.50. The number of aliphatic carboxylic acids is 1. The molecule has 26 heavy (non-hydrogen) atoms. The van der Waals surface area contributed by atoms with Crippen LogP contribution in [0, 0.1) is 23.7 Å². The van der Waals surface area contributed by atoms with Crippen molar-refractivity contribution in [1.29, 1.82) is 0 Å². The van der Waals surface area contributed by atoms with Gasteiger partial charge in [0.1, 0.15) is 0 Å². The number of hydrogen-bond donors (Lipinski definition) is 1. The fraction of sp³-hybridized carbons (Fsp3) is 0.792. The summed E-state index contributed by atoms with van der Waals surface area (Å²) < 4.78 is 0. The first-order valence-electron chi connectivity index (χ1n) is 10.9. The molecular formula is C24H40O2. The van der Waals surface area contributed by atoms with E-state index in [1.807, 2.05) is 0 Å². The Balaban J connectivity index is 3.19. The molecule has 0 fully saturated rings. The van der Waals surface area contributed by atoms with Crippen LogP contribution >= 0.6 is 0 Å². The minimum atomic E-state index is -0.754. The lowest BCUT2D eigenvalue weighted by Crippen LogP contribution is -1.92. The Morgan fingerprint density at radius 3 is 1.42 bits per heavy atom. The van der Waals surface area contributed by atoms with Crippen molar-refractivity contribution in [2.45, 2.75) is 122 Å². The van der Waals surface area contributed by atoms with Crippen LogP contribution in [0.2, 0.25) is 0 Å². The summed E-state index contributed by atoms with van der Waals surface area (Å²) in [5.41, 5.74) is 0. The molecule has 0 unspecified atom stereocenters. The number of carboxylic acid groups (broad SMARTS) is 1. The van der Waals surface area contributed by atoms with E-state index in [1.54, 1.807) is 0 Å². The van der Waals surface area contributed by atoms with Crippen molar-refractivity contribution < 1.29 is 9.90 Å². The highest BCUT2D eigenvalue weighted by Gasteiger charge is 1.94. The predicted octanol–water partition coefficient (Wildman–Crippen LogP) is 7.12. The fourth-order valence-electron chi connectivity index (χ4n) is 2.95. The second kappa shape index (κ2) is 21.6. The maximum Gasteiger partial charge on any atom is 0.303 e. The predicted molar refractivity (Wildman–Crippen MR) is 112 cm³/mol. The number of carboxylic acids is 1. The molecule has 0 heterocycles. The molecule has 148 valence electrons. The molecule has 0 aromatic carbocycles. The van der Waals surface area contributed by atoms with E-state index in [4.69, 9.17) is 5.11 Å². The average molecular weight is 361 g/mol. The topological polar surface area (TPSA) is 37.3 Å². The number of rotatable bonds is 17. The Morgan fingerprint density at radius 2 is 1.00 bits per heavy atom. The van der Waals surface area contributed by atoms with Gasteiger partial charge in [-0.2, -0.15) is 0 Å². The summed E-state index contributed by atoms with van der Waals surface area (Å²) in [6, 6.07) is 0. The van der Waals surface area contributed by atoms with Gasteiger partial charge in [-0.05, 0) is 24.7 Å². The highest BCUT2D eigenvalue weighted by molar-refractivity contribution is 5.66. The van der Waals surface area contributed by atoms with Gasteiger partial charge < -0.3 is 5.11 Å². The van der Waals surface area contributed by atoms with Gasteiger partial charge in [-0.15, -0.1) is 0 Å². The Bertz CT molecular complexity index is 431. The van der Waals surface area contributed by atoms with Crippen LogP contribution in [0.25, 0.3) is 0 Å². The van der Waals surface area contributed by atoms with Crippen molar-refractivity contribution in [1.82, 2.24) is 0 Å². The molecule has 0 rings (SSSR count). The molecule has 0 aromatic rings. The van der Waals surface area contributed by atoms with E-state index in [9.17, 15) is 4.79 Å². The van der Waals surface area contributed by atoms with Crippen molar-refractivity contribution in [3.05, 3.63) is 0 Å². The second-order valence-electron chi connectivity index (χ2n) is 7.20. The van der Waals surface area contributed by atoms with Crippen LogP contribution in [0.4, 0.5) is 0 Å². The van der Waals surface area contributed by atoms with Gasteiger partial charge in [0.2, 0.25) is 0 Å². The molecule has 0 amide bonds. The summed E-state index contributed by atoms with van der Waals surface area (Å²) >= 11 is 0. The number of unbranched alkanes of at least 4 members (excludes halogenated alkanes) is 15. The molecule has 2 nitrogen and oxygen atoms in total. The molecule has 1 N–H and O–H groups in total. The molecule has 0 atom stereocenters. The summed E-state index contributed by atoms with van der Waals surface area (Å²) in [6.45, 7) is 2.28. The third-order valence-electron chi connectivity index (χ3n) is 4.59. The molecule has 0 bridgehead atoms. The van der Waals surface area contributed by atoms with Gasteiger partial charge in [0.15, 0.2) is 0 Å². The lowest BCUT2D eigenvalue weighted by molar-refractivity contribution is -0.137. The molecule has 0 spiro atoms. The van der Waals surface area contributed by atoms with E-state index < -0.39 is 5.97 Å². The molecule has 0 aliphatic rings. The Labute approximate surface area is 162 Å². The maximum absolute atomic E-state index is 10.3. The van der Waals surface area contributed by atoms with Crippen LogP contribution in [0.1, 0.15) is 122 Å². The molecule has 0 radical (unpaired) electrons. The van der Waals surface area contributed by atoms with Crippen LogP contribution in [0.3, 0.4) is 0 Å². The lowest BCUT2D eigenvalue weighted by Gasteiger charge is -2.02. The van der Waals surface area contributed by atoms with Gasteiger partial charge in [0.25, 0.3) is 0 Å². The number of hydrogen-bond acceptors (Lipinski definition) is 1. The van der Waals surface area contributed by atoms with Crippen molar-refractivity contribution in [3.8, 4) is 23.7 Å². The van der Waals surface area contributed by atoms with Gasteiger partial charge in [-0.3, -0.25) is 4.79 Å². The Morgan fingerprint density at radius 1 is 0.615 bits per heavy atom. The largest absolute Gasteiger partial charge is 0.481 e. The fourth-order valence-corrected chi connectivity index (χ4v) is 2.95. The second-order valence-corrected chi connectivity index (χ2v) is 7.20. The Hall–Kier alpha value is -1.41. The summed E-state index contributed by atoms with van der Waals surface area (Å²) in [7, 11) is 0. The minimum absolute atomic E-state index is 0.196. The molecule has 0 saturated heterocycles. The van der Waals surface area contributed by atoms with E-state index >= 15 is 0 Å².